The van der Waals surface area contributed by atoms with Crippen LogP contribution < -0.4 is 10.6 Å². The van der Waals surface area contributed by atoms with Gasteiger partial charge in [-0.3, -0.25) is 9.20 Å². The monoisotopic (exact) mass is 355 g/mol. The lowest BCUT2D eigenvalue weighted by molar-refractivity contribution is 0.102. The van der Waals surface area contributed by atoms with Gasteiger partial charge in [-0.15, -0.1) is 0 Å². The van der Waals surface area contributed by atoms with E-state index in [1.165, 1.54) is 5.56 Å². The number of anilines is 1. The number of hydrogen-bond donors (Lipinski definition) is 2. The third-order valence-corrected chi connectivity index (χ3v) is 4.87. The van der Waals surface area contributed by atoms with E-state index in [0.717, 1.165) is 31.6 Å². The molecule has 0 atom stereocenters. The Morgan fingerprint density at radius 3 is 2.88 bits per heavy atom. The van der Waals surface area contributed by atoms with Gasteiger partial charge in [0.25, 0.3) is 5.91 Å². The summed E-state index contributed by atoms with van der Waals surface area (Å²) in [5.41, 5.74) is 2.44. The number of halogens is 1. The Balaban J connectivity index is 1.65. The SMILES string of the molecule is O=C(Nc1ncccc1Cl)c1cnc2ccc(C3CCNCC3)cn12. The van der Waals surface area contributed by atoms with Gasteiger partial charge in [-0.05, 0) is 55.6 Å². The maximum atomic E-state index is 12.6. The fourth-order valence-electron chi connectivity index (χ4n) is 3.21. The lowest BCUT2D eigenvalue weighted by Gasteiger charge is -2.23. The zero-order chi connectivity index (χ0) is 17.2. The minimum atomic E-state index is -0.282. The third-order valence-electron chi connectivity index (χ3n) is 4.56. The molecule has 128 valence electrons. The fraction of sp³-hybridized carbons (Fsp3) is 0.278. The number of imidazole rings is 1. The van der Waals surface area contributed by atoms with Crippen molar-refractivity contribution in [2.24, 2.45) is 0 Å². The van der Waals surface area contributed by atoms with Crippen LogP contribution in [-0.2, 0) is 0 Å². The number of fused-ring (bicyclic) bond motifs is 1. The molecule has 0 saturated carbocycles. The number of nitrogens with zero attached hydrogens (tertiary/aromatic N) is 3. The van der Waals surface area contributed by atoms with Crippen molar-refractivity contribution in [2.75, 3.05) is 18.4 Å². The van der Waals surface area contributed by atoms with E-state index >= 15 is 0 Å². The maximum absolute atomic E-state index is 12.6. The van der Waals surface area contributed by atoms with E-state index in [2.05, 4.69) is 26.7 Å². The average molecular weight is 356 g/mol. The first kappa shape index (κ1) is 16.1. The van der Waals surface area contributed by atoms with Crippen molar-refractivity contribution < 1.29 is 4.79 Å². The third kappa shape index (κ3) is 3.23. The second-order valence-corrected chi connectivity index (χ2v) is 6.55. The summed E-state index contributed by atoms with van der Waals surface area (Å²) in [6, 6.07) is 7.48. The van der Waals surface area contributed by atoms with Crippen LogP contribution in [0.25, 0.3) is 5.65 Å². The molecule has 0 bridgehead atoms. The van der Waals surface area contributed by atoms with E-state index in [9.17, 15) is 4.79 Å². The van der Waals surface area contributed by atoms with Crippen molar-refractivity contribution in [3.63, 3.8) is 0 Å². The van der Waals surface area contributed by atoms with Gasteiger partial charge in [0.2, 0.25) is 0 Å². The Bertz CT molecular complexity index is 917. The van der Waals surface area contributed by atoms with Gasteiger partial charge in [0.05, 0.1) is 11.2 Å². The van der Waals surface area contributed by atoms with Gasteiger partial charge >= 0.3 is 0 Å². The quantitative estimate of drug-likeness (QED) is 0.757. The van der Waals surface area contributed by atoms with Crippen LogP contribution in [0.3, 0.4) is 0 Å². The van der Waals surface area contributed by atoms with Crippen molar-refractivity contribution in [3.8, 4) is 0 Å². The van der Waals surface area contributed by atoms with Crippen molar-refractivity contribution in [1.29, 1.82) is 0 Å². The van der Waals surface area contributed by atoms with E-state index in [4.69, 9.17) is 11.6 Å². The summed E-state index contributed by atoms with van der Waals surface area (Å²) in [5, 5.41) is 6.53. The summed E-state index contributed by atoms with van der Waals surface area (Å²) >= 11 is 6.07. The van der Waals surface area contributed by atoms with Gasteiger partial charge in [-0.1, -0.05) is 17.7 Å². The first-order chi connectivity index (χ1) is 12.2. The first-order valence-corrected chi connectivity index (χ1v) is 8.70. The molecule has 0 aliphatic carbocycles. The van der Waals surface area contributed by atoms with Crippen LogP contribution >= 0.6 is 11.6 Å². The predicted octanol–water partition coefficient (Wildman–Crippen LogP) is 3.10. The normalized spacial score (nSPS) is 15.4. The Kier molecular flexibility index (Phi) is 4.38. The number of carbonyl (C=O) groups is 1. The number of pyridine rings is 2. The molecule has 6 nitrogen and oxygen atoms in total. The van der Waals surface area contributed by atoms with Crippen molar-refractivity contribution in [3.05, 3.63) is 59.1 Å². The molecular formula is C18H18ClN5O. The molecule has 0 spiro atoms. The van der Waals surface area contributed by atoms with E-state index in [-0.39, 0.29) is 5.91 Å². The minimum absolute atomic E-state index is 0.282. The molecule has 0 unspecified atom stereocenters. The molecule has 4 heterocycles. The Morgan fingerprint density at radius 2 is 2.08 bits per heavy atom. The maximum Gasteiger partial charge on any atom is 0.275 e. The number of amides is 1. The summed E-state index contributed by atoms with van der Waals surface area (Å²) in [7, 11) is 0. The van der Waals surface area contributed by atoms with E-state index in [0.29, 0.717) is 22.5 Å². The molecule has 0 aromatic carbocycles. The molecule has 4 rings (SSSR count). The average Bonchev–Trinajstić information content (AvgIpc) is 3.07. The molecular weight excluding hydrogens is 338 g/mol. The van der Waals surface area contributed by atoms with Crippen LogP contribution in [0, 0.1) is 0 Å². The molecule has 1 amide bonds. The van der Waals surface area contributed by atoms with Gasteiger partial charge in [0.15, 0.2) is 5.82 Å². The van der Waals surface area contributed by atoms with Gasteiger partial charge in [-0.2, -0.15) is 0 Å². The lowest BCUT2D eigenvalue weighted by Crippen LogP contribution is -2.26. The Labute approximate surface area is 150 Å². The smallest absolute Gasteiger partial charge is 0.275 e. The second-order valence-electron chi connectivity index (χ2n) is 6.15. The van der Waals surface area contributed by atoms with Gasteiger partial charge in [0.1, 0.15) is 11.3 Å². The van der Waals surface area contributed by atoms with Gasteiger partial charge in [-0.25, -0.2) is 9.97 Å². The molecule has 1 saturated heterocycles. The molecule has 1 aliphatic heterocycles. The number of rotatable bonds is 3. The first-order valence-electron chi connectivity index (χ1n) is 8.32. The summed E-state index contributed by atoms with van der Waals surface area (Å²) < 4.78 is 1.84. The van der Waals surface area contributed by atoms with Crippen LogP contribution in [0.15, 0.2) is 42.9 Å². The van der Waals surface area contributed by atoms with E-state index < -0.39 is 0 Å². The summed E-state index contributed by atoms with van der Waals surface area (Å²) in [5.74, 6) is 0.573. The topological polar surface area (TPSA) is 71.3 Å². The predicted molar refractivity (Wildman–Crippen MR) is 97.2 cm³/mol. The Hall–Kier alpha value is -2.44. The standard InChI is InChI=1S/C18H18ClN5O/c19-14-2-1-7-21-17(14)23-18(25)15-10-22-16-4-3-13(11-24(15)16)12-5-8-20-9-6-12/h1-4,7,10-12,20H,5-6,8-9H2,(H,21,23,25). The highest BCUT2D eigenvalue weighted by Crippen LogP contribution is 2.26. The van der Waals surface area contributed by atoms with Crippen LogP contribution in [-0.4, -0.2) is 33.4 Å². The molecule has 1 fully saturated rings. The van der Waals surface area contributed by atoms with Crippen LogP contribution in [0.5, 0.6) is 0 Å². The molecule has 7 heteroatoms. The summed E-state index contributed by atoms with van der Waals surface area (Å²) in [6.45, 7) is 2.05. The number of carbonyl (C=O) groups excluding carboxylic acids is 1. The summed E-state index contributed by atoms with van der Waals surface area (Å²) in [6.07, 6.45) is 7.39. The largest absolute Gasteiger partial charge is 0.317 e. The molecule has 25 heavy (non-hydrogen) atoms. The van der Waals surface area contributed by atoms with Gasteiger partial charge < -0.3 is 10.6 Å². The van der Waals surface area contributed by atoms with Crippen molar-refractivity contribution in [2.45, 2.75) is 18.8 Å². The van der Waals surface area contributed by atoms with Crippen molar-refractivity contribution in [1.82, 2.24) is 19.7 Å². The van der Waals surface area contributed by atoms with Gasteiger partial charge in [0, 0.05) is 12.4 Å². The molecule has 0 radical (unpaired) electrons. The highest BCUT2D eigenvalue weighted by atomic mass is 35.5. The highest BCUT2D eigenvalue weighted by Gasteiger charge is 2.18. The van der Waals surface area contributed by atoms with E-state index in [1.54, 1.807) is 24.5 Å². The lowest BCUT2D eigenvalue weighted by atomic mass is 9.91. The zero-order valence-electron chi connectivity index (χ0n) is 13.6. The van der Waals surface area contributed by atoms with E-state index in [1.807, 2.05) is 16.7 Å². The number of nitrogens with one attached hydrogen (secondary N) is 2. The second kappa shape index (κ2) is 6.82. The Morgan fingerprint density at radius 1 is 1.24 bits per heavy atom. The van der Waals surface area contributed by atoms with Crippen molar-refractivity contribution >= 4 is 29.0 Å². The molecule has 3 aromatic rings. The van der Waals surface area contributed by atoms with Crippen LogP contribution in [0.2, 0.25) is 5.02 Å². The zero-order valence-corrected chi connectivity index (χ0v) is 14.3. The number of piperidine rings is 1. The fourth-order valence-corrected chi connectivity index (χ4v) is 3.38. The highest BCUT2D eigenvalue weighted by molar-refractivity contribution is 6.33. The molecule has 3 aromatic heterocycles. The molecule has 1 aliphatic rings. The molecule has 2 N–H and O–H groups in total. The number of hydrogen-bond acceptors (Lipinski definition) is 4. The van der Waals surface area contributed by atoms with Crippen LogP contribution in [0.4, 0.5) is 5.82 Å². The summed E-state index contributed by atoms with van der Waals surface area (Å²) in [4.78, 5) is 21.1. The minimum Gasteiger partial charge on any atom is -0.317 e. The van der Waals surface area contributed by atoms with Crippen LogP contribution in [0.1, 0.15) is 34.8 Å². The number of aromatic nitrogens is 3.